The molecular weight excluding hydrogens is 274 g/mol. The first-order valence-corrected chi connectivity index (χ1v) is 6.92. The number of anilines is 2. The minimum Gasteiger partial charge on any atom is -0.396 e. The van der Waals surface area contributed by atoms with Gasteiger partial charge in [-0.25, -0.2) is 4.98 Å². The Labute approximate surface area is 124 Å². The number of aliphatic hydroxyl groups is 1. The molecule has 0 amide bonds. The molecular formula is C13H23N5O3. The van der Waals surface area contributed by atoms with Crippen molar-refractivity contribution in [1.82, 2.24) is 9.97 Å². The number of aliphatic hydroxyl groups excluding tert-OH is 1. The van der Waals surface area contributed by atoms with Gasteiger partial charge in [0.1, 0.15) is 6.20 Å². The van der Waals surface area contributed by atoms with E-state index in [1.165, 1.54) is 6.20 Å². The van der Waals surface area contributed by atoms with Gasteiger partial charge < -0.3 is 15.7 Å². The summed E-state index contributed by atoms with van der Waals surface area (Å²) in [6.45, 7) is 8.50. The minimum atomic E-state index is -0.517. The zero-order valence-electron chi connectivity index (χ0n) is 12.9. The average Bonchev–Trinajstić information content (AvgIpc) is 2.37. The highest BCUT2D eigenvalue weighted by molar-refractivity contribution is 5.57. The molecule has 1 aromatic rings. The van der Waals surface area contributed by atoms with Crippen LogP contribution in [0.2, 0.25) is 0 Å². The van der Waals surface area contributed by atoms with Crippen molar-refractivity contribution < 1.29 is 10.0 Å². The van der Waals surface area contributed by atoms with E-state index in [2.05, 4.69) is 20.6 Å². The van der Waals surface area contributed by atoms with Gasteiger partial charge in [0.2, 0.25) is 11.8 Å². The Hall–Kier alpha value is -1.96. The molecule has 0 aliphatic rings. The lowest BCUT2D eigenvalue weighted by Gasteiger charge is -2.31. The van der Waals surface area contributed by atoms with Crippen LogP contribution in [0.5, 0.6) is 0 Å². The van der Waals surface area contributed by atoms with Gasteiger partial charge in [-0.3, -0.25) is 10.1 Å². The zero-order valence-corrected chi connectivity index (χ0v) is 12.9. The third-order valence-electron chi connectivity index (χ3n) is 3.08. The number of aromatic nitrogens is 2. The molecule has 0 saturated heterocycles. The number of rotatable bonds is 7. The van der Waals surface area contributed by atoms with Crippen LogP contribution in [0.1, 0.15) is 34.1 Å². The minimum absolute atomic E-state index is 0.00607. The van der Waals surface area contributed by atoms with E-state index in [-0.39, 0.29) is 29.6 Å². The molecule has 1 aromatic heterocycles. The van der Waals surface area contributed by atoms with Gasteiger partial charge in [-0.15, -0.1) is 0 Å². The van der Waals surface area contributed by atoms with Gasteiger partial charge in [-0.1, -0.05) is 20.8 Å². The normalized spacial score (nSPS) is 12.8. The number of nitro groups is 1. The molecule has 0 aliphatic carbocycles. The summed E-state index contributed by atoms with van der Waals surface area (Å²) in [6.07, 6.45) is 1.66. The molecule has 1 atom stereocenters. The molecule has 8 heteroatoms. The van der Waals surface area contributed by atoms with Crippen LogP contribution in [-0.2, 0) is 0 Å². The lowest BCUT2D eigenvalue weighted by atomic mass is 9.85. The van der Waals surface area contributed by atoms with Crippen LogP contribution in [0, 0.1) is 15.5 Å². The predicted molar refractivity (Wildman–Crippen MR) is 81.4 cm³/mol. The Morgan fingerprint density at radius 2 is 2.14 bits per heavy atom. The Balaban J connectivity index is 3.12. The summed E-state index contributed by atoms with van der Waals surface area (Å²) in [5, 5.41) is 26.3. The van der Waals surface area contributed by atoms with Crippen LogP contribution < -0.4 is 10.6 Å². The van der Waals surface area contributed by atoms with Crippen molar-refractivity contribution in [2.24, 2.45) is 5.41 Å². The molecule has 0 radical (unpaired) electrons. The third-order valence-corrected chi connectivity index (χ3v) is 3.08. The highest BCUT2D eigenvalue weighted by atomic mass is 16.6. The maximum absolute atomic E-state index is 11.1. The maximum Gasteiger partial charge on any atom is 0.329 e. The number of nitrogens with zero attached hydrogens (tertiary/aromatic N) is 3. The quantitative estimate of drug-likeness (QED) is 0.521. The van der Waals surface area contributed by atoms with E-state index in [9.17, 15) is 15.2 Å². The third kappa shape index (κ3) is 4.82. The Morgan fingerprint density at radius 3 is 2.62 bits per heavy atom. The molecule has 0 aliphatic heterocycles. The van der Waals surface area contributed by atoms with Gasteiger partial charge in [-0.05, 0) is 18.8 Å². The van der Waals surface area contributed by atoms with E-state index in [4.69, 9.17) is 0 Å². The van der Waals surface area contributed by atoms with Crippen LogP contribution >= 0.6 is 0 Å². The summed E-state index contributed by atoms with van der Waals surface area (Å²) in [6, 6.07) is -0.148. The fourth-order valence-electron chi connectivity index (χ4n) is 1.87. The summed E-state index contributed by atoms with van der Waals surface area (Å²) in [5.41, 5.74) is -0.358. The van der Waals surface area contributed by atoms with E-state index in [1.807, 2.05) is 27.7 Å². The van der Waals surface area contributed by atoms with Gasteiger partial charge in [-0.2, -0.15) is 4.98 Å². The summed E-state index contributed by atoms with van der Waals surface area (Å²) in [7, 11) is 0. The Bertz CT molecular complexity index is 487. The van der Waals surface area contributed by atoms with Crippen molar-refractivity contribution >= 4 is 17.5 Å². The summed E-state index contributed by atoms with van der Waals surface area (Å²) in [5.74, 6) is 0.501. The molecule has 0 aromatic carbocycles. The lowest BCUT2D eigenvalue weighted by Crippen LogP contribution is -2.35. The molecule has 1 rings (SSSR count). The smallest absolute Gasteiger partial charge is 0.329 e. The first-order chi connectivity index (χ1) is 9.79. The van der Waals surface area contributed by atoms with E-state index < -0.39 is 4.92 Å². The average molecular weight is 297 g/mol. The first-order valence-electron chi connectivity index (χ1n) is 6.92. The van der Waals surface area contributed by atoms with Gasteiger partial charge in [0.15, 0.2) is 0 Å². The predicted octanol–water partition coefficient (Wildman–Crippen LogP) is 2.03. The van der Waals surface area contributed by atoms with E-state index >= 15 is 0 Å². The number of hydrogen-bond donors (Lipinski definition) is 3. The SMILES string of the molecule is CCNc1ncc([N+](=O)[O-])c(NC(CCO)C(C)(C)C)n1. The number of nitrogens with one attached hydrogen (secondary N) is 2. The van der Waals surface area contributed by atoms with Crippen LogP contribution in [0.25, 0.3) is 0 Å². The first kappa shape index (κ1) is 17.1. The van der Waals surface area contributed by atoms with Gasteiger partial charge in [0.25, 0.3) is 0 Å². The molecule has 0 bridgehead atoms. The molecule has 0 fully saturated rings. The van der Waals surface area contributed by atoms with Crippen LogP contribution in [0.4, 0.5) is 17.5 Å². The number of hydrogen-bond acceptors (Lipinski definition) is 7. The standard InChI is InChI=1S/C13H23N5O3/c1-5-14-12-15-8-9(18(20)21)11(17-12)16-10(6-7-19)13(2,3)4/h8,10,19H,5-7H2,1-4H3,(H2,14,15,16,17). The zero-order chi connectivity index (χ0) is 16.0. The molecule has 0 spiro atoms. The second-order valence-electron chi connectivity index (χ2n) is 5.79. The fourth-order valence-corrected chi connectivity index (χ4v) is 1.87. The monoisotopic (exact) mass is 297 g/mol. The molecule has 3 N–H and O–H groups in total. The van der Waals surface area contributed by atoms with Crippen molar-refractivity contribution in [3.05, 3.63) is 16.3 Å². The van der Waals surface area contributed by atoms with Crippen molar-refractivity contribution in [3.8, 4) is 0 Å². The second-order valence-corrected chi connectivity index (χ2v) is 5.79. The van der Waals surface area contributed by atoms with E-state index in [0.717, 1.165) is 0 Å². The summed E-state index contributed by atoms with van der Waals surface area (Å²) in [4.78, 5) is 18.7. The molecule has 21 heavy (non-hydrogen) atoms. The highest BCUT2D eigenvalue weighted by Gasteiger charge is 2.27. The highest BCUT2D eigenvalue weighted by Crippen LogP contribution is 2.29. The van der Waals surface area contributed by atoms with Crippen molar-refractivity contribution in [1.29, 1.82) is 0 Å². The van der Waals surface area contributed by atoms with Crippen molar-refractivity contribution in [2.45, 2.75) is 40.2 Å². The van der Waals surface area contributed by atoms with Crippen molar-refractivity contribution in [2.75, 3.05) is 23.8 Å². The molecule has 1 unspecified atom stereocenters. The van der Waals surface area contributed by atoms with E-state index in [0.29, 0.717) is 18.9 Å². The largest absolute Gasteiger partial charge is 0.396 e. The van der Waals surface area contributed by atoms with E-state index in [1.54, 1.807) is 0 Å². The van der Waals surface area contributed by atoms with Gasteiger partial charge in [0, 0.05) is 19.2 Å². The Kier molecular flexibility index (Phi) is 5.83. The Morgan fingerprint density at radius 1 is 1.48 bits per heavy atom. The molecule has 118 valence electrons. The lowest BCUT2D eigenvalue weighted by molar-refractivity contribution is -0.384. The van der Waals surface area contributed by atoms with Gasteiger partial charge >= 0.3 is 5.69 Å². The van der Waals surface area contributed by atoms with Gasteiger partial charge in [0.05, 0.1) is 4.92 Å². The molecule has 8 nitrogen and oxygen atoms in total. The summed E-state index contributed by atoms with van der Waals surface area (Å²) >= 11 is 0. The molecule has 0 saturated carbocycles. The maximum atomic E-state index is 11.1. The van der Waals surface area contributed by atoms with Crippen LogP contribution in [-0.4, -0.2) is 39.2 Å². The summed E-state index contributed by atoms with van der Waals surface area (Å²) < 4.78 is 0. The second kappa shape index (κ2) is 7.16. The van der Waals surface area contributed by atoms with Crippen LogP contribution in [0.15, 0.2) is 6.20 Å². The topological polar surface area (TPSA) is 113 Å². The fraction of sp³-hybridized carbons (Fsp3) is 0.692. The van der Waals surface area contributed by atoms with Crippen molar-refractivity contribution in [3.63, 3.8) is 0 Å². The van der Waals surface area contributed by atoms with Crippen LogP contribution in [0.3, 0.4) is 0 Å². The molecule has 1 heterocycles.